The minimum Gasteiger partial charge on any atom is -0.497 e. The largest absolute Gasteiger partial charge is 0.497 e. The number of hydrogen-bond donors (Lipinski definition) is 1. The van der Waals surface area contributed by atoms with E-state index in [0.717, 1.165) is 5.75 Å². The average Bonchev–Trinajstić information content (AvgIpc) is 3.21. The van der Waals surface area contributed by atoms with Crippen LogP contribution in [0.5, 0.6) is 17.2 Å². The molecule has 0 fully saturated rings. The minimum atomic E-state index is -0.276. The lowest BCUT2D eigenvalue weighted by Crippen LogP contribution is -2.16. The van der Waals surface area contributed by atoms with Crippen LogP contribution in [0.15, 0.2) is 53.7 Å². The van der Waals surface area contributed by atoms with Gasteiger partial charge in [-0.1, -0.05) is 30.0 Å². The van der Waals surface area contributed by atoms with Crippen molar-refractivity contribution in [2.75, 3.05) is 25.3 Å². The van der Waals surface area contributed by atoms with Gasteiger partial charge in [0.25, 0.3) is 0 Å². The number of para-hydroxylation sites is 1. The standard InChI is InChI=1S/C22H26N4O4S/c1-5-26-21(15(2)30-16-9-7-6-8-10-16)24-25-22(26)31-14-20(27)23-18-12-11-17(28-3)13-19(18)29-4/h6-13,15H,5,14H2,1-4H3,(H,23,27). The van der Waals surface area contributed by atoms with E-state index >= 15 is 0 Å². The van der Waals surface area contributed by atoms with Crippen LogP contribution in [-0.2, 0) is 11.3 Å². The van der Waals surface area contributed by atoms with Gasteiger partial charge in [-0.15, -0.1) is 10.2 Å². The first kappa shape index (κ1) is 22.5. The van der Waals surface area contributed by atoms with Crippen molar-refractivity contribution in [1.29, 1.82) is 0 Å². The quantitative estimate of drug-likeness (QED) is 0.471. The molecule has 3 rings (SSSR count). The zero-order valence-corrected chi connectivity index (χ0v) is 18.8. The van der Waals surface area contributed by atoms with E-state index in [9.17, 15) is 4.79 Å². The van der Waals surface area contributed by atoms with Crippen molar-refractivity contribution in [3.63, 3.8) is 0 Å². The molecule has 164 valence electrons. The van der Waals surface area contributed by atoms with Crippen molar-refractivity contribution in [3.05, 3.63) is 54.4 Å². The summed E-state index contributed by atoms with van der Waals surface area (Å²) in [4.78, 5) is 12.5. The normalized spacial score (nSPS) is 11.6. The van der Waals surface area contributed by atoms with E-state index in [0.29, 0.717) is 34.7 Å². The third-order valence-corrected chi connectivity index (χ3v) is 5.46. The van der Waals surface area contributed by atoms with Gasteiger partial charge in [-0.05, 0) is 38.1 Å². The monoisotopic (exact) mass is 442 g/mol. The third kappa shape index (κ3) is 5.69. The molecule has 0 radical (unpaired) electrons. The highest BCUT2D eigenvalue weighted by atomic mass is 32.2. The highest BCUT2D eigenvalue weighted by molar-refractivity contribution is 7.99. The summed E-state index contributed by atoms with van der Waals surface area (Å²) in [5, 5.41) is 12.1. The molecule has 0 aliphatic rings. The van der Waals surface area contributed by atoms with Crippen LogP contribution in [0.25, 0.3) is 0 Å². The lowest BCUT2D eigenvalue weighted by Gasteiger charge is -2.15. The Morgan fingerprint density at radius 2 is 1.87 bits per heavy atom. The van der Waals surface area contributed by atoms with Gasteiger partial charge in [0.1, 0.15) is 17.2 Å². The zero-order chi connectivity index (χ0) is 22.2. The van der Waals surface area contributed by atoms with Crippen molar-refractivity contribution >= 4 is 23.4 Å². The third-order valence-electron chi connectivity index (χ3n) is 4.50. The second-order valence-electron chi connectivity index (χ2n) is 6.56. The van der Waals surface area contributed by atoms with Crippen molar-refractivity contribution in [3.8, 4) is 17.2 Å². The Bertz CT molecular complexity index is 1010. The summed E-state index contributed by atoms with van der Waals surface area (Å²) in [5.41, 5.74) is 0.580. The van der Waals surface area contributed by atoms with E-state index in [2.05, 4.69) is 15.5 Å². The predicted octanol–water partition coefficient (Wildman–Crippen LogP) is 4.19. The highest BCUT2D eigenvalue weighted by Gasteiger charge is 2.19. The number of rotatable bonds is 10. The van der Waals surface area contributed by atoms with Gasteiger partial charge in [0.05, 0.1) is 25.7 Å². The molecular weight excluding hydrogens is 416 g/mol. The molecule has 2 aromatic carbocycles. The van der Waals surface area contributed by atoms with Gasteiger partial charge in [-0.2, -0.15) is 0 Å². The SMILES string of the molecule is CCn1c(SCC(=O)Nc2ccc(OC)cc2OC)nnc1C(C)Oc1ccccc1. The number of ether oxygens (including phenoxy) is 3. The molecule has 1 aromatic heterocycles. The summed E-state index contributed by atoms with van der Waals surface area (Å²) in [7, 11) is 3.12. The molecule has 0 aliphatic heterocycles. The van der Waals surface area contributed by atoms with Gasteiger partial charge < -0.3 is 24.1 Å². The molecule has 1 N–H and O–H groups in total. The topological polar surface area (TPSA) is 87.5 Å². The summed E-state index contributed by atoms with van der Waals surface area (Å²) >= 11 is 1.32. The number of amides is 1. The van der Waals surface area contributed by atoms with Crippen LogP contribution < -0.4 is 19.5 Å². The second kappa shape index (κ2) is 10.7. The van der Waals surface area contributed by atoms with Crippen LogP contribution in [-0.4, -0.2) is 40.6 Å². The number of benzene rings is 2. The number of aromatic nitrogens is 3. The van der Waals surface area contributed by atoms with Gasteiger partial charge in [-0.3, -0.25) is 4.79 Å². The number of hydrogen-bond acceptors (Lipinski definition) is 7. The Morgan fingerprint density at radius 1 is 1.10 bits per heavy atom. The minimum absolute atomic E-state index is 0.172. The van der Waals surface area contributed by atoms with Gasteiger partial charge in [0, 0.05) is 12.6 Å². The highest BCUT2D eigenvalue weighted by Crippen LogP contribution is 2.29. The fourth-order valence-corrected chi connectivity index (χ4v) is 3.79. The lowest BCUT2D eigenvalue weighted by molar-refractivity contribution is -0.113. The molecule has 1 atom stereocenters. The molecular formula is C22H26N4O4S. The maximum Gasteiger partial charge on any atom is 0.234 e. The number of nitrogens with one attached hydrogen (secondary N) is 1. The van der Waals surface area contributed by atoms with Crippen LogP contribution in [0, 0.1) is 0 Å². The van der Waals surface area contributed by atoms with E-state index in [4.69, 9.17) is 14.2 Å². The Kier molecular flexibility index (Phi) is 7.77. The summed E-state index contributed by atoms with van der Waals surface area (Å²) < 4.78 is 18.4. The van der Waals surface area contributed by atoms with Gasteiger partial charge in [0.2, 0.25) is 5.91 Å². The molecule has 9 heteroatoms. The molecule has 0 spiro atoms. The van der Waals surface area contributed by atoms with Gasteiger partial charge in [-0.25, -0.2) is 0 Å². The number of thioether (sulfide) groups is 1. The molecule has 8 nitrogen and oxygen atoms in total. The number of nitrogens with zero attached hydrogens (tertiary/aromatic N) is 3. The van der Waals surface area contributed by atoms with Gasteiger partial charge >= 0.3 is 0 Å². The van der Waals surface area contributed by atoms with Crippen LogP contribution in [0.1, 0.15) is 25.8 Å². The number of carbonyl (C=O) groups excluding carboxylic acids is 1. The first-order valence-electron chi connectivity index (χ1n) is 9.85. The number of carbonyl (C=O) groups is 1. The van der Waals surface area contributed by atoms with Crippen molar-refractivity contribution in [2.24, 2.45) is 0 Å². The molecule has 0 aliphatic carbocycles. The average molecular weight is 443 g/mol. The molecule has 1 unspecified atom stereocenters. The maximum absolute atomic E-state index is 12.5. The van der Waals surface area contributed by atoms with Crippen LogP contribution in [0.3, 0.4) is 0 Å². The van der Waals surface area contributed by atoms with Gasteiger partial charge in [0.15, 0.2) is 17.1 Å². The first-order chi connectivity index (χ1) is 15.0. The Morgan fingerprint density at radius 3 is 2.55 bits per heavy atom. The van der Waals surface area contributed by atoms with Crippen LogP contribution in [0.2, 0.25) is 0 Å². The maximum atomic E-state index is 12.5. The molecule has 31 heavy (non-hydrogen) atoms. The zero-order valence-electron chi connectivity index (χ0n) is 18.0. The summed E-state index contributed by atoms with van der Waals surface area (Å²) in [6, 6.07) is 14.8. The van der Waals surface area contributed by atoms with E-state index in [-0.39, 0.29) is 17.8 Å². The van der Waals surface area contributed by atoms with Crippen molar-refractivity contribution in [1.82, 2.24) is 14.8 Å². The summed E-state index contributed by atoms with van der Waals surface area (Å²) in [6.45, 7) is 4.61. The first-order valence-corrected chi connectivity index (χ1v) is 10.8. The van der Waals surface area contributed by atoms with E-state index < -0.39 is 0 Å². The molecule has 0 saturated carbocycles. The Labute approximate surface area is 185 Å². The molecule has 1 heterocycles. The predicted molar refractivity (Wildman–Crippen MR) is 120 cm³/mol. The van der Waals surface area contributed by atoms with Crippen molar-refractivity contribution < 1.29 is 19.0 Å². The van der Waals surface area contributed by atoms with Crippen molar-refractivity contribution in [2.45, 2.75) is 31.7 Å². The summed E-state index contributed by atoms with van der Waals surface area (Å²) in [5.74, 6) is 2.67. The van der Waals surface area contributed by atoms with E-state index in [1.165, 1.54) is 11.8 Å². The molecule has 3 aromatic rings. The Balaban J connectivity index is 1.63. The molecule has 1 amide bonds. The van der Waals surface area contributed by atoms with E-state index in [1.54, 1.807) is 32.4 Å². The molecule has 0 bridgehead atoms. The summed E-state index contributed by atoms with van der Waals surface area (Å²) in [6.07, 6.45) is -0.276. The van der Waals surface area contributed by atoms with E-state index in [1.807, 2.05) is 48.7 Å². The fourth-order valence-electron chi connectivity index (χ4n) is 2.98. The second-order valence-corrected chi connectivity index (χ2v) is 7.50. The lowest BCUT2D eigenvalue weighted by atomic mass is 10.2. The number of methoxy groups -OCH3 is 2. The molecule has 0 saturated heterocycles. The number of anilines is 1. The van der Waals surface area contributed by atoms with Crippen LogP contribution >= 0.6 is 11.8 Å². The fraction of sp³-hybridized carbons (Fsp3) is 0.318. The smallest absolute Gasteiger partial charge is 0.234 e. The van der Waals surface area contributed by atoms with Crippen LogP contribution in [0.4, 0.5) is 5.69 Å². The Hall–Kier alpha value is -3.20.